The van der Waals surface area contributed by atoms with Crippen molar-refractivity contribution >= 4 is 17.1 Å². The van der Waals surface area contributed by atoms with Gasteiger partial charge in [0.25, 0.3) is 5.56 Å². The molecule has 10 nitrogen and oxygen atoms in total. The molecule has 0 aliphatic carbocycles. The summed E-state index contributed by atoms with van der Waals surface area (Å²) in [6, 6.07) is 0. The van der Waals surface area contributed by atoms with Crippen molar-refractivity contribution in [1.82, 2.24) is 19.5 Å². The number of nitrogens with zero attached hydrogens (tertiary/aromatic N) is 3. The molecule has 6 N–H and O–H groups in total. The molecule has 1 aliphatic heterocycles. The summed E-state index contributed by atoms with van der Waals surface area (Å²) in [5.74, 6) is -0.105. The van der Waals surface area contributed by atoms with Gasteiger partial charge >= 0.3 is 0 Å². The third-order valence-corrected chi connectivity index (χ3v) is 3.64. The van der Waals surface area contributed by atoms with Gasteiger partial charge in [-0.05, 0) is 6.92 Å². The number of nitrogens with one attached hydrogen (secondary N) is 1. The third kappa shape index (κ3) is 1.92. The molecule has 4 atom stereocenters. The maximum absolute atomic E-state index is 11.7. The average molecular weight is 297 g/mol. The molecule has 2 aromatic heterocycles. The lowest BCUT2D eigenvalue weighted by molar-refractivity contribution is -0.0950. The molecule has 3 heterocycles. The smallest absolute Gasteiger partial charge is 0.280 e. The van der Waals surface area contributed by atoms with Crippen molar-refractivity contribution in [2.75, 3.05) is 12.3 Å². The second-order valence-corrected chi connectivity index (χ2v) is 5.16. The molecule has 0 bridgehead atoms. The summed E-state index contributed by atoms with van der Waals surface area (Å²) in [5.41, 5.74) is 3.44. The van der Waals surface area contributed by atoms with Crippen molar-refractivity contribution in [1.29, 1.82) is 0 Å². The number of hydrogen-bond donors (Lipinski definition) is 5. The molecular formula is C11H15N5O5. The number of imidazole rings is 1. The maximum atomic E-state index is 11.7. The van der Waals surface area contributed by atoms with Gasteiger partial charge in [0.1, 0.15) is 17.8 Å². The lowest BCUT2D eigenvalue weighted by Gasteiger charge is -2.27. The van der Waals surface area contributed by atoms with Crippen LogP contribution in [-0.4, -0.2) is 59.3 Å². The van der Waals surface area contributed by atoms with E-state index in [1.54, 1.807) is 0 Å². The zero-order chi connectivity index (χ0) is 15.4. The summed E-state index contributed by atoms with van der Waals surface area (Å²) in [6.45, 7) is 0.900. The minimum Gasteiger partial charge on any atom is -0.394 e. The number of fused-ring (bicyclic) bond motifs is 1. The van der Waals surface area contributed by atoms with Gasteiger partial charge in [-0.3, -0.25) is 14.3 Å². The Morgan fingerprint density at radius 2 is 2.33 bits per heavy atom. The molecule has 0 amide bonds. The summed E-state index contributed by atoms with van der Waals surface area (Å²) in [7, 11) is 0. The molecule has 0 aromatic carbocycles. The van der Waals surface area contributed by atoms with Gasteiger partial charge in [0, 0.05) is 0 Å². The molecule has 10 heteroatoms. The van der Waals surface area contributed by atoms with Gasteiger partial charge in [-0.15, -0.1) is 0 Å². The van der Waals surface area contributed by atoms with Gasteiger partial charge in [-0.25, -0.2) is 4.98 Å². The van der Waals surface area contributed by atoms with Crippen LogP contribution in [0.5, 0.6) is 0 Å². The van der Waals surface area contributed by atoms with Crippen molar-refractivity contribution in [3.63, 3.8) is 0 Å². The Morgan fingerprint density at radius 3 is 2.95 bits per heavy atom. The lowest BCUT2D eigenvalue weighted by Crippen LogP contribution is -2.44. The number of anilines is 1. The van der Waals surface area contributed by atoms with Gasteiger partial charge < -0.3 is 25.8 Å². The molecule has 0 radical (unpaired) electrons. The predicted octanol–water partition coefficient (Wildman–Crippen LogP) is -2.30. The SMILES string of the molecule is C[C@]1(O)[C@H](O)[C@@H](CO)O[C@H]1n1cnc2c(=O)[nH]c(N)nc21. The Bertz CT molecular complexity index is 738. The van der Waals surface area contributed by atoms with Crippen LogP contribution in [0.2, 0.25) is 0 Å². The third-order valence-electron chi connectivity index (χ3n) is 3.64. The van der Waals surface area contributed by atoms with E-state index in [-0.39, 0.29) is 17.1 Å². The van der Waals surface area contributed by atoms with E-state index < -0.39 is 36.2 Å². The summed E-state index contributed by atoms with van der Waals surface area (Å²) in [6.07, 6.45) is -2.06. The van der Waals surface area contributed by atoms with Crippen LogP contribution in [0.1, 0.15) is 13.2 Å². The Morgan fingerprint density at radius 1 is 1.62 bits per heavy atom. The fourth-order valence-electron chi connectivity index (χ4n) is 2.50. The first kappa shape index (κ1) is 13.9. The van der Waals surface area contributed by atoms with Crippen LogP contribution in [0, 0.1) is 0 Å². The van der Waals surface area contributed by atoms with Crippen LogP contribution < -0.4 is 11.3 Å². The molecule has 1 fully saturated rings. The van der Waals surface area contributed by atoms with Crippen LogP contribution >= 0.6 is 0 Å². The first-order chi connectivity index (χ1) is 9.86. The number of nitrogens with two attached hydrogens (primary N) is 1. The molecule has 114 valence electrons. The standard InChI is InChI=1S/C11H15N5O5/c1-11(20)6(18)4(2-17)21-9(11)16-3-13-5-7(16)14-10(12)15-8(5)19/h3-4,6,9,17-18,20H,2H2,1H3,(H3,12,14,15,19)/t4-,6-,9-,11+/m1/s1. The van der Waals surface area contributed by atoms with Crippen molar-refractivity contribution in [3.05, 3.63) is 16.7 Å². The van der Waals surface area contributed by atoms with Gasteiger partial charge in [-0.2, -0.15) is 4.98 Å². The molecule has 21 heavy (non-hydrogen) atoms. The number of rotatable bonds is 2. The molecule has 0 unspecified atom stereocenters. The van der Waals surface area contributed by atoms with E-state index in [0.717, 1.165) is 0 Å². The maximum Gasteiger partial charge on any atom is 0.280 e. The van der Waals surface area contributed by atoms with E-state index in [1.165, 1.54) is 17.8 Å². The predicted molar refractivity (Wildman–Crippen MR) is 70.2 cm³/mol. The second kappa shape index (κ2) is 4.49. The van der Waals surface area contributed by atoms with Gasteiger partial charge in [-0.1, -0.05) is 0 Å². The summed E-state index contributed by atoms with van der Waals surface area (Å²) >= 11 is 0. The molecule has 1 aliphatic rings. The highest BCUT2D eigenvalue weighted by Gasteiger charge is 2.53. The summed E-state index contributed by atoms with van der Waals surface area (Å²) in [5, 5.41) is 29.6. The van der Waals surface area contributed by atoms with Crippen molar-refractivity contribution in [3.8, 4) is 0 Å². The van der Waals surface area contributed by atoms with Crippen LogP contribution in [0.15, 0.2) is 11.1 Å². The van der Waals surface area contributed by atoms with Crippen LogP contribution in [-0.2, 0) is 4.74 Å². The molecule has 3 rings (SSSR count). The fourth-order valence-corrected chi connectivity index (χ4v) is 2.50. The van der Waals surface area contributed by atoms with E-state index in [4.69, 9.17) is 10.5 Å². The number of hydrogen-bond acceptors (Lipinski definition) is 8. The first-order valence-electron chi connectivity index (χ1n) is 6.25. The van der Waals surface area contributed by atoms with E-state index in [2.05, 4.69) is 15.0 Å². The first-order valence-corrected chi connectivity index (χ1v) is 6.25. The normalized spacial score (nSPS) is 32.9. The fraction of sp³-hybridized carbons (Fsp3) is 0.545. The second-order valence-electron chi connectivity index (χ2n) is 5.16. The number of H-pyrrole nitrogens is 1. The number of aliphatic hydroxyl groups excluding tert-OH is 2. The van der Waals surface area contributed by atoms with E-state index >= 15 is 0 Å². The number of aromatic amines is 1. The minimum atomic E-state index is -1.69. The molecule has 0 spiro atoms. The zero-order valence-electron chi connectivity index (χ0n) is 11.1. The average Bonchev–Trinajstić information content (AvgIpc) is 2.91. The summed E-state index contributed by atoms with van der Waals surface area (Å²) < 4.78 is 6.76. The minimum absolute atomic E-state index is 0.0329. The largest absolute Gasteiger partial charge is 0.394 e. The Labute approximate surface area is 117 Å². The van der Waals surface area contributed by atoms with E-state index in [0.29, 0.717) is 0 Å². The van der Waals surface area contributed by atoms with E-state index in [9.17, 15) is 20.1 Å². The molecule has 0 saturated carbocycles. The van der Waals surface area contributed by atoms with Gasteiger partial charge in [0.2, 0.25) is 5.95 Å². The zero-order valence-corrected chi connectivity index (χ0v) is 11.1. The number of aromatic nitrogens is 4. The molecule has 2 aromatic rings. The van der Waals surface area contributed by atoms with Gasteiger partial charge in [0.15, 0.2) is 17.4 Å². The van der Waals surface area contributed by atoms with Crippen molar-refractivity contribution < 1.29 is 20.1 Å². The Kier molecular flexibility index (Phi) is 2.99. The lowest BCUT2D eigenvalue weighted by atomic mass is 9.96. The Balaban J connectivity index is 2.15. The van der Waals surface area contributed by atoms with Gasteiger partial charge in [0.05, 0.1) is 12.9 Å². The monoisotopic (exact) mass is 297 g/mol. The highest BCUT2D eigenvalue weighted by atomic mass is 16.6. The van der Waals surface area contributed by atoms with E-state index in [1.807, 2.05) is 0 Å². The molecular weight excluding hydrogens is 282 g/mol. The number of ether oxygens (including phenoxy) is 1. The highest BCUT2D eigenvalue weighted by molar-refractivity contribution is 5.70. The van der Waals surface area contributed by atoms with Crippen LogP contribution in [0.3, 0.4) is 0 Å². The summed E-state index contributed by atoms with van der Waals surface area (Å²) in [4.78, 5) is 21.9. The highest BCUT2D eigenvalue weighted by Crippen LogP contribution is 2.38. The number of aliphatic hydroxyl groups is 3. The van der Waals surface area contributed by atoms with Crippen molar-refractivity contribution in [2.45, 2.75) is 31.0 Å². The topological polar surface area (TPSA) is 160 Å². The Hall–Kier alpha value is -2.01. The quantitative estimate of drug-likeness (QED) is 0.414. The number of nitrogen functional groups attached to an aromatic ring is 1. The molecule has 1 saturated heterocycles. The van der Waals surface area contributed by atoms with Crippen LogP contribution in [0.25, 0.3) is 11.2 Å². The van der Waals surface area contributed by atoms with Crippen molar-refractivity contribution in [2.24, 2.45) is 0 Å². The van der Waals surface area contributed by atoms with Crippen LogP contribution in [0.4, 0.5) is 5.95 Å².